The molecule has 0 spiro atoms. The molecular weight excluding hydrogens is 268 g/mol. The van der Waals surface area contributed by atoms with Gasteiger partial charge in [-0.15, -0.1) is 0 Å². The Balaban J connectivity index is 2.07. The minimum atomic E-state index is 0.535. The van der Waals surface area contributed by atoms with Gasteiger partial charge in [0.05, 0.1) is 19.4 Å². The number of rotatable bonds is 6. The lowest BCUT2D eigenvalue weighted by Gasteiger charge is -2.10. The minimum absolute atomic E-state index is 0.535. The smallest absolute Gasteiger partial charge is 0.226 e. The van der Waals surface area contributed by atoms with Gasteiger partial charge in [-0.2, -0.15) is 4.98 Å². The Morgan fingerprint density at radius 1 is 1.24 bits per heavy atom. The highest BCUT2D eigenvalue weighted by Crippen LogP contribution is 2.22. The van der Waals surface area contributed by atoms with E-state index in [0.717, 1.165) is 11.3 Å². The predicted molar refractivity (Wildman–Crippen MR) is 82.7 cm³/mol. The van der Waals surface area contributed by atoms with Gasteiger partial charge in [-0.25, -0.2) is 4.98 Å². The summed E-state index contributed by atoms with van der Waals surface area (Å²) in [6.07, 6.45) is 0. The Bertz CT molecular complexity index is 617. The molecule has 6 heteroatoms. The van der Waals surface area contributed by atoms with Gasteiger partial charge >= 0.3 is 0 Å². The number of hydrogen-bond donors (Lipinski definition) is 2. The van der Waals surface area contributed by atoms with Crippen molar-refractivity contribution in [1.29, 1.82) is 0 Å². The number of aromatic nitrogens is 2. The lowest BCUT2D eigenvalue weighted by atomic mass is 10.2. The molecule has 0 unspecified atom stereocenters. The van der Waals surface area contributed by atoms with E-state index >= 15 is 0 Å². The standard InChI is InChI=1S/C15H20N4O2/c1-4-21-14-7-10(2)18-15(19-14)17-9-11-5-6-13(20-3)12(16)8-11/h5-8H,4,9,16H2,1-3H3,(H,17,18,19). The van der Waals surface area contributed by atoms with Crippen molar-refractivity contribution in [1.82, 2.24) is 9.97 Å². The molecule has 1 aromatic carbocycles. The van der Waals surface area contributed by atoms with E-state index in [9.17, 15) is 0 Å². The third kappa shape index (κ3) is 3.98. The highest BCUT2D eigenvalue weighted by Gasteiger charge is 2.04. The number of nitrogens with zero attached hydrogens (tertiary/aromatic N) is 2. The molecule has 6 nitrogen and oxygen atoms in total. The molecule has 1 aromatic heterocycles. The lowest BCUT2D eigenvalue weighted by Crippen LogP contribution is -2.06. The molecule has 2 aromatic rings. The number of benzene rings is 1. The van der Waals surface area contributed by atoms with Crippen LogP contribution in [-0.2, 0) is 6.54 Å². The van der Waals surface area contributed by atoms with Crippen LogP contribution in [-0.4, -0.2) is 23.7 Å². The van der Waals surface area contributed by atoms with Crippen molar-refractivity contribution in [3.8, 4) is 11.6 Å². The number of aryl methyl sites for hydroxylation is 1. The van der Waals surface area contributed by atoms with Crippen LogP contribution in [0.2, 0.25) is 0 Å². The highest BCUT2D eigenvalue weighted by atomic mass is 16.5. The van der Waals surface area contributed by atoms with Crippen LogP contribution >= 0.6 is 0 Å². The van der Waals surface area contributed by atoms with E-state index in [1.54, 1.807) is 13.2 Å². The molecule has 2 rings (SSSR count). The maximum Gasteiger partial charge on any atom is 0.226 e. The van der Waals surface area contributed by atoms with E-state index in [-0.39, 0.29) is 0 Å². The summed E-state index contributed by atoms with van der Waals surface area (Å²) in [6.45, 7) is 4.97. The van der Waals surface area contributed by atoms with Gasteiger partial charge in [0.15, 0.2) is 0 Å². The summed E-state index contributed by atoms with van der Waals surface area (Å²) in [5, 5.41) is 3.17. The number of hydrogen-bond acceptors (Lipinski definition) is 6. The van der Waals surface area contributed by atoms with Crippen molar-refractivity contribution in [2.24, 2.45) is 0 Å². The quantitative estimate of drug-likeness (QED) is 0.794. The van der Waals surface area contributed by atoms with E-state index in [1.807, 2.05) is 32.0 Å². The number of ether oxygens (including phenoxy) is 2. The molecule has 0 aliphatic heterocycles. The van der Waals surface area contributed by atoms with Crippen LogP contribution in [0.15, 0.2) is 24.3 Å². The molecule has 0 aliphatic carbocycles. The van der Waals surface area contributed by atoms with Crippen molar-refractivity contribution in [3.05, 3.63) is 35.5 Å². The Morgan fingerprint density at radius 2 is 2.05 bits per heavy atom. The maximum absolute atomic E-state index is 5.88. The normalized spacial score (nSPS) is 10.2. The monoisotopic (exact) mass is 288 g/mol. The number of nitrogen functional groups attached to an aromatic ring is 1. The summed E-state index contributed by atoms with van der Waals surface area (Å²) in [6, 6.07) is 7.46. The number of nitrogens with one attached hydrogen (secondary N) is 1. The van der Waals surface area contributed by atoms with Crippen LogP contribution < -0.4 is 20.5 Å². The molecule has 0 aliphatic rings. The first-order valence-corrected chi connectivity index (χ1v) is 6.77. The molecule has 0 atom stereocenters. The van der Waals surface area contributed by atoms with Crippen molar-refractivity contribution >= 4 is 11.6 Å². The molecule has 3 N–H and O–H groups in total. The highest BCUT2D eigenvalue weighted by molar-refractivity contribution is 5.54. The third-order valence-electron chi connectivity index (χ3n) is 2.87. The first kappa shape index (κ1) is 14.9. The van der Waals surface area contributed by atoms with E-state index in [4.69, 9.17) is 15.2 Å². The van der Waals surface area contributed by atoms with Crippen LogP contribution in [0.3, 0.4) is 0 Å². The third-order valence-corrected chi connectivity index (χ3v) is 2.87. The second kappa shape index (κ2) is 6.78. The molecule has 0 fully saturated rings. The zero-order valence-corrected chi connectivity index (χ0v) is 12.5. The largest absolute Gasteiger partial charge is 0.495 e. The van der Waals surface area contributed by atoms with Gasteiger partial charge < -0.3 is 20.5 Å². The Hall–Kier alpha value is -2.50. The van der Waals surface area contributed by atoms with Crippen molar-refractivity contribution in [2.45, 2.75) is 20.4 Å². The fraction of sp³-hybridized carbons (Fsp3) is 0.333. The van der Waals surface area contributed by atoms with E-state index in [1.165, 1.54) is 0 Å². The molecular formula is C15H20N4O2. The number of anilines is 2. The van der Waals surface area contributed by atoms with Crippen LogP contribution in [0, 0.1) is 6.92 Å². The van der Waals surface area contributed by atoms with Crippen LogP contribution in [0.25, 0.3) is 0 Å². The topological polar surface area (TPSA) is 82.3 Å². The van der Waals surface area contributed by atoms with Gasteiger partial charge in [-0.1, -0.05) is 6.07 Å². The van der Waals surface area contributed by atoms with Crippen LogP contribution in [0.5, 0.6) is 11.6 Å². The molecule has 0 radical (unpaired) electrons. The number of methoxy groups -OCH3 is 1. The summed E-state index contributed by atoms with van der Waals surface area (Å²) in [5.74, 6) is 1.78. The second-order valence-electron chi connectivity index (χ2n) is 4.53. The van der Waals surface area contributed by atoms with Gasteiger partial charge in [0, 0.05) is 18.3 Å². The first-order chi connectivity index (χ1) is 10.1. The average Bonchev–Trinajstić information content (AvgIpc) is 2.45. The number of nitrogens with two attached hydrogens (primary N) is 1. The molecule has 112 valence electrons. The van der Waals surface area contributed by atoms with E-state index < -0.39 is 0 Å². The van der Waals surface area contributed by atoms with Crippen molar-refractivity contribution < 1.29 is 9.47 Å². The molecule has 0 saturated heterocycles. The molecule has 0 amide bonds. The molecule has 21 heavy (non-hydrogen) atoms. The molecule has 0 saturated carbocycles. The van der Waals surface area contributed by atoms with Crippen LogP contribution in [0.1, 0.15) is 18.2 Å². The molecule has 0 bridgehead atoms. The first-order valence-electron chi connectivity index (χ1n) is 6.77. The summed E-state index contributed by atoms with van der Waals surface area (Å²) >= 11 is 0. The Kier molecular flexibility index (Phi) is 4.81. The fourth-order valence-electron chi connectivity index (χ4n) is 1.92. The summed E-state index contributed by atoms with van der Waals surface area (Å²) in [5.41, 5.74) is 8.37. The summed E-state index contributed by atoms with van der Waals surface area (Å²) < 4.78 is 10.5. The zero-order chi connectivity index (χ0) is 15.2. The van der Waals surface area contributed by atoms with Crippen molar-refractivity contribution in [2.75, 3.05) is 24.8 Å². The van der Waals surface area contributed by atoms with Crippen molar-refractivity contribution in [3.63, 3.8) is 0 Å². The average molecular weight is 288 g/mol. The molecule has 1 heterocycles. The Morgan fingerprint density at radius 3 is 2.71 bits per heavy atom. The van der Waals surface area contributed by atoms with Gasteiger partial charge in [0.1, 0.15) is 5.75 Å². The lowest BCUT2D eigenvalue weighted by molar-refractivity contribution is 0.326. The van der Waals surface area contributed by atoms with Crippen LogP contribution in [0.4, 0.5) is 11.6 Å². The zero-order valence-electron chi connectivity index (χ0n) is 12.5. The van der Waals surface area contributed by atoms with Gasteiger partial charge in [-0.05, 0) is 31.5 Å². The van der Waals surface area contributed by atoms with E-state index in [0.29, 0.717) is 36.4 Å². The van der Waals surface area contributed by atoms with Gasteiger partial charge in [0.2, 0.25) is 11.8 Å². The predicted octanol–water partition coefficient (Wildman–Crippen LogP) is 2.39. The minimum Gasteiger partial charge on any atom is -0.495 e. The van der Waals surface area contributed by atoms with Gasteiger partial charge in [-0.3, -0.25) is 0 Å². The SMILES string of the molecule is CCOc1cc(C)nc(NCc2ccc(OC)c(N)c2)n1. The Labute approximate surface area is 124 Å². The second-order valence-corrected chi connectivity index (χ2v) is 4.53. The van der Waals surface area contributed by atoms with Gasteiger partial charge in [0.25, 0.3) is 0 Å². The van der Waals surface area contributed by atoms with E-state index in [2.05, 4.69) is 15.3 Å². The summed E-state index contributed by atoms with van der Waals surface area (Å²) in [7, 11) is 1.60. The summed E-state index contributed by atoms with van der Waals surface area (Å²) in [4.78, 5) is 8.62. The fourth-order valence-corrected chi connectivity index (χ4v) is 1.92. The maximum atomic E-state index is 5.88.